The molecule has 2 aromatic carbocycles. The molecule has 23 heavy (non-hydrogen) atoms. The molecule has 0 aliphatic carbocycles. The van der Waals surface area contributed by atoms with Gasteiger partial charge in [-0.15, -0.1) is 0 Å². The van der Waals surface area contributed by atoms with E-state index in [1.165, 1.54) is 5.56 Å². The first kappa shape index (κ1) is 14.0. The maximum Gasteiger partial charge on any atom is 0.180 e. The minimum absolute atomic E-state index is 0.00102. The first-order valence-electron chi connectivity index (χ1n) is 7.51. The summed E-state index contributed by atoms with van der Waals surface area (Å²) in [5.41, 5.74) is 4.43. The second-order valence-corrected chi connectivity index (χ2v) is 5.95. The van der Waals surface area contributed by atoms with Gasteiger partial charge in [0.05, 0.1) is 6.04 Å². The highest BCUT2D eigenvalue weighted by Crippen LogP contribution is 2.40. The van der Waals surface area contributed by atoms with E-state index in [0.717, 1.165) is 22.8 Å². The van der Waals surface area contributed by atoms with Gasteiger partial charge in [0.15, 0.2) is 10.9 Å². The minimum Gasteiger partial charge on any atom is -0.315 e. The molecule has 1 aliphatic rings. The molecule has 4 rings (SSSR count). The van der Waals surface area contributed by atoms with Crippen LogP contribution in [0.1, 0.15) is 22.9 Å². The second kappa shape index (κ2) is 5.52. The molecule has 1 aliphatic heterocycles. The summed E-state index contributed by atoms with van der Waals surface area (Å²) in [7, 11) is 0. The molecule has 1 atom stereocenters. The zero-order chi connectivity index (χ0) is 15.8. The molecule has 0 fully saturated rings. The average Bonchev–Trinajstić information content (AvgIpc) is 2.96. The van der Waals surface area contributed by atoms with Gasteiger partial charge in [-0.05, 0) is 36.8 Å². The van der Waals surface area contributed by atoms with Crippen molar-refractivity contribution in [2.24, 2.45) is 0 Å². The van der Waals surface area contributed by atoms with E-state index in [-0.39, 0.29) is 6.04 Å². The highest BCUT2D eigenvalue weighted by molar-refractivity contribution is 7.80. The predicted octanol–water partition coefficient (Wildman–Crippen LogP) is 4.02. The van der Waals surface area contributed by atoms with Gasteiger partial charge in [-0.3, -0.25) is 5.10 Å². The third-order valence-electron chi connectivity index (χ3n) is 4.12. The van der Waals surface area contributed by atoms with Gasteiger partial charge in [-0.25, -0.2) is 0 Å². The van der Waals surface area contributed by atoms with Crippen molar-refractivity contribution in [1.29, 1.82) is 0 Å². The molecule has 0 spiro atoms. The van der Waals surface area contributed by atoms with Crippen LogP contribution in [0.2, 0.25) is 0 Å². The van der Waals surface area contributed by atoms with E-state index in [1.807, 2.05) is 31.2 Å². The van der Waals surface area contributed by atoms with Gasteiger partial charge < -0.3 is 10.2 Å². The summed E-state index contributed by atoms with van der Waals surface area (Å²) in [6.45, 7) is 2.04. The van der Waals surface area contributed by atoms with Gasteiger partial charge >= 0.3 is 0 Å². The molecule has 0 saturated heterocycles. The quantitative estimate of drug-likeness (QED) is 0.700. The summed E-state index contributed by atoms with van der Waals surface area (Å²) in [5, 5.41) is 11.3. The smallest absolute Gasteiger partial charge is 0.180 e. The van der Waals surface area contributed by atoms with E-state index in [9.17, 15) is 0 Å². The van der Waals surface area contributed by atoms with Crippen LogP contribution in [0.15, 0.2) is 60.7 Å². The third-order valence-corrected chi connectivity index (χ3v) is 4.42. The lowest BCUT2D eigenvalue weighted by Crippen LogP contribution is -2.42. The number of rotatable bonds is 2. The zero-order valence-corrected chi connectivity index (χ0v) is 13.5. The number of aromatic amines is 1. The lowest BCUT2D eigenvalue weighted by Gasteiger charge is -2.38. The summed E-state index contributed by atoms with van der Waals surface area (Å²) in [4.78, 5) is 2.15. The molecule has 114 valence electrons. The number of hydrogen-bond acceptors (Lipinski definition) is 2. The van der Waals surface area contributed by atoms with Gasteiger partial charge in [0.2, 0.25) is 0 Å². The van der Waals surface area contributed by atoms with Crippen molar-refractivity contribution in [1.82, 2.24) is 10.2 Å². The fourth-order valence-corrected chi connectivity index (χ4v) is 3.39. The Morgan fingerprint density at radius 3 is 2.35 bits per heavy atom. The van der Waals surface area contributed by atoms with Crippen LogP contribution in [-0.2, 0) is 0 Å². The standard InChI is InChI=1S/C18H16N4S/c1-12-15-16(13-8-4-2-5-9-13)22(14-10-6-3-7-11-14)18(23)19-17(15)21-20-12/h2-11,16H,1H3,(H2,19,20,21,23). The Kier molecular flexibility index (Phi) is 3.35. The number of hydrogen-bond donors (Lipinski definition) is 2. The van der Waals surface area contributed by atoms with Crippen LogP contribution in [0.3, 0.4) is 0 Å². The molecule has 1 aromatic heterocycles. The molecule has 0 saturated carbocycles. The van der Waals surface area contributed by atoms with Crippen LogP contribution in [0.4, 0.5) is 11.5 Å². The Hall–Kier alpha value is -2.66. The van der Waals surface area contributed by atoms with Gasteiger partial charge in [0.25, 0.3) is 0 Å². The normalized spacial score (nSPS) is 16.8. The Bertz CT molecular complexity index is 842. The van der Waals surface area contributed by atoms with Crippen LogP contribution < -0.4 is 10.2 Å². The van der Waals surface area contributed by atoms with Crippen molar-refractivity contribution < 1.29 is 0 Å². The second-order valence-electron chi connectivity index (χ2n) is 5.56. The highest BCUT2D eigenvalue weighted by atomic mass is 32.1. The van der Waals surface area contributed by atoms with Crippen molar-refractivity contribution in [3.63, 3.8) is 0 Å². The number of para-hydroxylation sites is 1. The number of aromatic nitrogens is 2. The Labute approximate surface area is 140 Å². The highest BCUT2D eigenvalue weighted by Gasteiger charge is 2.35. The maximum absolute atomic E-state index is 5.63. The van der Waals surface area contributed by atoms with Crippen molar-refractivity contribution in [2.75, 3.05) is 10.2 Å². The summed E-state index contributed by atoms with van der Waals surface area (Å²) < 4.78 is 0. The van der Waals surface area contributed by atoms with E-state index >= 15 is 0 Å². The lowest BCUT2D eigenvalue weighted by atomic mass is 9.95. The number of thiocarbonyl (C=S) groups is 1. The Morgan fingerprint density at radius 2 is 1.65 bits per heavy atom. The molecule has 0 bridgehead atoms. The SMILES string of the molecule is Cc1[nH]nc2c1C(c1ccccc1)N(c1ccccc1)C(=S)N2. The van der Waals surface area contributed by atoms with Gasteiger partial charge in [0.1, 0.15) is 0 Å². The zero-order valence-electron chi connectivity index (χ0n) is 12.7. The van der Waals surface area contributed by atoms with Gasteiger partial charge in [-0.1, -0.05) is 48.5 Å². The predicted molar refractivity (Wildman–Crippen MR) is 96.8 cm³/mol. The van der Waals surface area contributed by atoms with E-state index < -0.39 is 0 Å². The maximum atomic E-state index is 5.63. The molecule has 3 aromatic rings. The topological polar surface area (TPSA) is 44.0 Å². The van der Waals surface area contributed by atoms with Crippen LogP contribution >= 0.6 is 12.2 Å². The molecular weight excluding hydrogens is 304 g/mol. The van der Waals surface area contributed by atoms with Crippen LogP contribution in [0.25, 0.3) is 0 Å². The number of benzene rings is 2. The molecule has 2 N–H and O–H groups in total. The number of aryl methyl sites for hydroxylation is 1. The van der Waals surface area contributed by atoms with Crippen molar-refractivity contribution >= 4 is 28.8 Å². The van der Waals surface area contributed by atoms with E-state index in [1.54, 1.807) is 0 Å². The van der Waals surface area contributed by atoms with Crippen LogP contribution in [-0.4, -0.2) is 15.3 Å². The van der Waals surface area contributed by atoms with Crippen molar-refractivity contribution in [2.45, 2.75) is 13.0 Å². The molecule has 4 nitrogen and oxygen atoms in total. The van der Waals surface area contributed by atoms with Crippen molar-refractivity contribution in [3.8, 4) is 0 Å². The first-order chi connectivity index (χ1) is 11.3. The molecule has 2 heterocycles. The summed E-state index contributed by atoms with van der Waals surface area (Å²) in [6.07, 6.45) is 0. The Balaban J connectivity index is 1.94. The van der Waals surface area contributed by atoms with Crippen LogP contribution in [0, 0.1) is 6.92 Å². The average molecular weight is 320 g/mol. The summed E-state index contributed by atoms with van der Waals surface area (Å²) in [6, 6.07) is 20.6. The summed E-state index contributed by atoms with van der Waals surface area (Å²) >= 11 is 5.63. The number of H-pyrrole nitrogens is 1. The summed E-state index contributed by atoms with van der Waals surface area (Å²) in [5.74, 6) is 0.813. The fourth-order valence-electron chi connectivity index (χ4n) is 3.08. The molecule has 1 unspecified atom stereocenters. The number of nitrogens with zero attached hydrogens (tertiary/aromatic N) is 2. The van der Waals surface area contributed by atoms with E-state index in [4.69, 9.17) is 12.2 Å². The van der Waals surface area contributed by atoms with Crippen molar-refractivity contribution in [3.05, 3.63) is 77.5 Å². The van der Waals surface area contributed by atoms with Crippen LogP contribution in [0.5, 0.6) is 0 Å². The van der Waals surface area contributed by atoms with Gasteiger partial charge in [-0.2, -0.15) is 5.10 Å². The number of nitrogens with one attached hydrogen (secondary N) is 2. The van der Waals surface area contributed by atoms with Gasteiger partial charge in [0, 0.05) is 16.9 Å². The van der Waals surface area contributed by atoms with E-state index in [0.29, 0.717) is 5.11 Å². The lowest BCUT2D eigenvalue weighted by molar-refractivity contribution is 0.827. The Morgan fingerprint density at radius 1 is 1.00 bits per heavy atom. The molecule has 5 heteroatoms. The third kappa shape index (κ3) is 2.29. The largest absolute Gasteiger partial charge is 0.315 e. The number of anilines is 2. The molecular formula is C18H16N4S. The monoisotopic (exact) mass is 320 g/mol. The first-order valence-corrected chi connectivity index (χ1v) is 7.91. The minimum atomic E-state index is 0.00102. The number of fused-ring (bicyclic) bond motifs is 1. The molecule has 0 radical (unpaired) electrons. The van der Waals surface area contributed by atoms with E-state index in [2.05, 4.69) is 56.8 Å². The molecule has 0 amide bonds. The fraction of sp³-hybridized carbons (Fsp3) is 0.111.